The molecule has 0 aliphatic heterocycles. The second-order valence-electron chi connectivity index (χ2n) is 3.50. The number of aromatic nitrogens is 2. The molecule has 0 aliphatic rings. The molecular weight excluding hydrogens is 207 g/mol. The Morgan fingerprint density at radius 2 is 2.25 bits per heavy atom. The van der Waals surface area contributed by atoms with Crippen LogP contribution in [0.2, 0.25) is 0 Å². The number of ether oxygens (including phenoxy) is 1. The minimum absolute atomic E-state index is 0.234. The maximum atomic E-state index is 13.0. The van der Waals surface area contributed by atoms with Crippen molar-refractivity contribution in [1.82, 2.24) is 9.78 Å². The summed E-state index contributed by atoms with van der Waals surface area (Å²) in [5, 5.41) is 4.17. The van der Waals surface area contributed by atoms with Gasteiger partial charge in [0.05, 0.1) is 19.3 Å². The van der Waals surface area contributed by atoms with Crippen LogP contribution in [0, 0.1) is 5.82 Å². The molecular formula is C12H13FN2O. The van der Waals surface area contributed by atoms with Crippen LogP contribution in [-0.2, 0) is 11.3 Å². The van der Waals surface area contributed by atoms with Crippen molar-refractivity contribution in [1.29, 1.82) is 0 Å². The number of hydrogen-bond donors (Lipinski definition) is 0. The molecule has 0 aliphatic carbocycles. The third-order valence-corrected chi connectivity index (χ3v) is 2.32. The molecule has 0 fully saturated rings. The summed E-state index contributed by atoms with van der Waals surface area (Å²) in [6.07, 6.45) is 3.61. The third kappa shape index (κ3) is 2.46. The van der Waals surface area contributed by atoms with E-state index in [2.05, 4.69) is 5.10 Å². The standard InChI is InChI=1S/C12H13FN2O/c1-16-6-5-15-9-11(8-14-15)10-3-2-4-12(13)7-10/h2-4,7-9H,5-6H2,1H3. The van der Waals surface area contributed by atoms with E-state index in [1.165, 1.54) is 12.1 Å². The molecule has 0 saturated heterocycles. The lowest BCUT2D eigenvalue weighted by atomic mass is 10.1. The van der Waals surface area contributed by atoms with E-state index in [4.69, 9.17) is 4.74 Å². The van der Waals surface area contributed by atoms with E-state index in [1.54, 1.807) is 24.1 Å². The minimum atomic E-state index is -0.234. The predicted octanol–water partition coefficient (Wildman–Crippen LogP) is 2.34. The zero-order valence-electron chi connectivity index (χ0n) is 9.06. The summed E-state index contributed by atoms with van der Waals surface area (Å²) in [7, 11) is 1.65. The van der Waals surface area contributed by atoms with Crippen molar-refractivity contribution in [2.45, 2.75) is 6.54 Å². The molecule has 1 heterocycles. The highest BCUT2D eigenvalue weighted by Crippen LogP contribution is 2.18. The van der Waals surface area contributed by atoms with Crippen LogP contribution in [0.25, 0.3) is 11.1 Å². The Bertz CT molecular complexity index is 468. The van der Waals surface area contributed by atoms with Gasteiger partial charge in [-0.05, 0) is 17.7 Å². The summed E-state index contributed by atoms with van der Waals surface area (Å²) in [5.74, 6) is -0.234. The maximum absolute atomic E-state index is 13.0. The lowest BCUT2D eigenvalue weighted by Gasteiger charge is -1.99. The van der Waals surface area contributed by atoms with Gasteiger partial charge in [0, 0.05) is 18.9 Å². The lowest BCUT2D eigenvalue weighted by Crippen LogP contribution is -2.03. The van der Waals surface area contributed by atoms with Gasteiger partial charge in [-0.2, -0.15) is 5.10 Å². The van der Waals surface area contributed by atoms with Gasteiger partial charge in [0.25, 0.3) is 0 Å². The maximum Gasteiger partial charge on any atom is 0.123 e. The molecule has 0 unspecified atom stereocenters. The third-order valence-electron chi connectivity index (χ3n) is 2.32. The number of nitrogens with zero attached hydrogens (tertiary/aromatic N) is 2. The van der Waals surface area contributed by atoms with Crippen LogP contribution in [0.15, 0.2) is 36.7 Å². The molecule has 0 spiro atoms. The number of halogens is 1. The Labute approximate surface area is 93.5 Å². The average Bonchev–Trinajstić information content (AvgIpc) is 2.75. The van der Waals surface area contributed by atoms with Crippen LogP contribution < -0.4 is 0 Å². The molecule has 4 heteroatoms. The van der Waals surface area contributed by atoms with Gasteiger partial charge < -0.3 is 4.74 Å². The molecule has 1 aromatic heterocycles. The highest BCUT2D eigenvalue weighted by atomic mass is 19.1. The summed E-state index contributed by atoms with van der Waals surface area (Å²) in [6.45, 7) is 1.32. The second kappa shape index (κ2) is 4.90. The monoisotopic (exact) mass is 220 g/mol. The SMILES string of the molecule is COCCn1cc(-c2cccc(F)c2)cn1. The van der Waals surface area contributed by atoms with Crippen LogP contribution in [0.4, 0.5) is 4.39 Å². The number of benzene rings is 1. The molecule has 0 atom stereocenters. The van der Waals surface area contributed by atoms with Gasteiger partial charge in [0.15, 0.2) is 0 Å². The van der Waals surface area contributed by atoms with E-state index in [0.717, 1.165) is 11.1 Å². The molecule has 84 valence electrons. The fraction of sp³-hybridized carbons (Fsp3) is 0.250. The number of methoxy groups -OCH3 is 1. The summed E-state index contributed by atoms with van der Waals surface area (Å²) < 4.78 is 19.8. The normalized spacial score (nSPS) is 10.6. The van der Waals surface area contributed by atoms with Crippen LogP contribution in [0.5, 0.6) is 0 Å². The van der Waals surface area contributed by atoms with Gasteiger partial charge in [-0.15, -0.1) is 0 Å². The van der Waals surface area contributed by atoms with E-state index in [-0.39, 0.29) is 5.82 Å². The molecule has 2 rings (SSSR count). The predicted molar refractivity (Wildman–Crippen MR) is 59.5 cm³/mol. The topological polar surface area (TPSA) is 27.1 Å². The van der Waals surface area contributed by atoms with Crippen LogP contribution in [0.1, 0.15) is 0 Å². The molecule has 16 heavy (non-hydrogen) atoms. The lowest BCUT2D eigenvalue weighted by molar-refractivity contribution is 0.183. The van der Waals surface area contributed by atoms with Crippen molar-refractivity contribution in [3.05, 3.63) is 42.5 Å². The molecule has 0 radical (unpaired) electrons. The number of hydrogen-bond acceptors (Lipinski definition) is 2. The van der Waals surface area contributed by atoms with Crippen molar-refractivity contribution in [2.75, 3.05) is 13.7 Å². The second-order valence-corrected chi connectivity index (χ2v) is 3.50. The molecule has 0 N–H and O–H groups in total. The minimum Gasteiger partial charge on any atom is -0.383 e. The Hall–Kier alpha value is -1.68. The summed E-state index contributed by atoms with van der Waals surface area (Å²) in [6, 6.07) is 6.48. The first-order valence-electron chi connectivity index (χ1n) is 5.07. The Kier molecular flexibility index (Phi) is 3.31. The fourth-order valence-corrected chi connectivity index (χ4v) is 1.49. The first-order valence-corrected chi connectivity index (χ1v) is 5.07. The molecule has 3 nitrogen and oxygen atoms in total. The van der Waals surface area contributed by atoms with Crippen molar-refractivity contribution in [2.24, 2.45) is 0 Å². The van der Waals surface area contributed by atoms with Gasteiger partial charge in [-0.25, -0.2) is 4.39 Å². The van der Waals surface area contributed by atoms with Crippen molar-refractivity contribution in [3.8, 4) is 11.1 Å². The highest BCUT2D eigenvalue weighted by molar-refractivity contribution is 5.61. The largest absolute Gasteiger partial charge is 0.383 e. The molecule has 0 bridgehead atoms. The Balaban J connectivity index is 2.18. The van der Waals surface area contributed by atoms with E-state index >= 15 is 0 Å². The summed E-state index contributed by atoms with van der Waals surface area (Å²) in [5.41, 5.74) is 1.75. The Morgan fingerprint density at radius 1 is 1.38 bits per heavy atom. The van der Waals surface area contributed by atoms with Crippen LogP contribution >= 0.6 is 0 Å². The van der Waals surface area contributed by atoms with Crippen molar-refractivity contribution < 1.29 is 9.13 Å². The van der Waals surface area contributed by atoms with E-state index in [0.29, 0.717) is 13.2 Å². The van der Waals surface area contributed by atoms with Gasteiger partial charge in [0.2, 0.25) is 0 Å². The van der Waals surface area contributed by atoms with Crippen molar-refractivity contribution >= 4 is 0 Å². The first kappa shape index (κ1) is 10.8. The quantitative estimate of drug-likeness (QED) is 0.790. The molecule has 0 saturated carbocycles. The smallest absolute Gasteiger partial charge is 0.123 e. The fourth-order valence-electron chi connectivity index (χ4n) is 1.49. The van der Waals surface area contributed by atoms with Gasteiger partial charge >= 0.3 is 0 Å². The Morgan fingerprint density at radius 3 is 3.00 bits per heavy atom. The molecule has 0 amide bonds. The van der Waals surface area contributed by atoms with Crippen LogP contribution in [-0.4, -0.2) is 23.5 Å². The number of rotatable bonds is 4. The van der Waals surface area contributed by atoms with E-state index in [9.17, 15) is 4.39 Å². The molecule has 2 aromatic rings. The van der Waals surface area contributed by atoms with E-state index < -0.39 is 0 Å². The van der Waals surface area contributed by atoms with E-state index in [1.807, 2.05) is 12.3 Å². The van der Waals surface area contributed by atoms with Crippen molar-refractivity contribution in [3.63, 3.8) is 0 Å². The zero-order chi connectivity index (χ0) is 11.4. The molecule has 1 aromatic carbocycles. The average molecular weight is 220 g/mol. The first-order chi connectivity index (χ1) is 7.79. The zero-order valence-corrected chi connectivity index (χ0v) is 9.06. The summed E-state index contributed by atoms with van der Waals surface area (Å²) >= 11 is 0. The van der Waals surface area contributed by atoms with Gasteiger partial charge in [0.1, 0.15) is 5.82 Å². The van der Waals surface area contributed by atoms with Gasteiger partial charge in [-0.1, -0.05) is 12.1 Å². The highest BCUT2D eigenvalue weighted by Gasteiger charge is 2.02. The van der Waals surface area contributed by atoms with Gasteiger partial charge in [-0.3, -0.25) is 4.68 Å². The van der Waals surface area contributed by atoms with Crippen LogP contribution in [0.3, 0.4) is 0 Å². The summed E-state index contributed by atoms with van der Waals surface area (Å²) in [4.78, 5) is 0.